The van der Waals surface area contributed by atoms with Crippen LogP contribution in [-0.4, -0.2) is 11.7 Å². The molecule has 1 heteroatoms. The predicted molar refractivity (Wildman–Crippen MR) is 72.8 cm³/mol. The molecule has 2 saturated carbocycles. The molecule has 2 aliphatic rings. The lowest BCUT2D eigenvalue weighted by Crippen LogP contribution is -2.42. The van der Waals surface area contributed by atoms with Crippen LogP contribution < -0.4 is 0 Å². The van der Waals surface area contributed by atoms with Crippen molar-refractivity contribution < 1.29 is 5.11 Å². The molecule has 2 aliphatic carbocycles. The van der Waals surface area contributed by atoms with Gasteiger partial charge >= 0.3 is 0 Å². The van der Waals surface area contributed by atoms with Crippen LogP contribution in [0.3, 0.4) is 0 Å². The topological polar surface area (TPSA) is 20.2 Å². The van der Waals surface area contributed by atoms with Gasteiger partial charge in [-0.25, -0.2) is 0 Å². The summed E-state index contributed by atoms with van der Waals surface area (Å²) in [5, 5.41) is 9.31. The minimum atomic E-state index is 0.253. The molecule has 0 aliphatic heterocycles. The highest BCUT2D eigenvalue weighted by Crippen LogP contribution is 2.54. The van der Waals surface area contributed by atoms with Crippen molar-refractivity contribution in [3.8, 4) is 0 Å². The zero-order valence-electron chi connectivity index (χ0n) is 11.9. The van der Waals surface area contributed by atoms with Gasteiger partial charge in [0.2, 0.25) is 0 Å². The predicted octanol–water partition coefficient (Wildman–Crippen LogP) is 4.17. The number of aliphatic hydroxyl groups excluding tert-OH is 1. The molecule has 1 nitrogen and oxygen atoms in total. The number of hydrogen-bond acceptors (Lipinski definition) is 1. The van der Waals surface area contributed by atoms with Gasteiger partial charge in [-0.1, -0.05) is 26.3 Å². The smallest absolute Gasteiger partial charge is 0.0641 e. The van der Waals surface area contributed by atoms with Gasteiger partial charge in [0.05, 0.1) is 6.61 Å². The first kappa shape index (κ1) is 13.1. The second-order valence-electron chi connectivity index (χ2n) is 6.95. The molecule has 3 atom stereocenters. The van der Waals surface area contributed by atoms with Crippen LogP contribution in [0.1, 0.15) is 59.8 Å². The van der Waals surface area contributed by atoms with Crippen LogP contribution in [0.2, 0.25) is 0 Å². The molecule has 0 unspecified atom stereocenters. The van der Waals surface area contributed by atoms with Gasteiger partial charge in [0.25, 0.3) is 0 Å². The fraction of sp³-hybridized carbons (Fsp3) is 0.875. The summed E-state index contributed by atoms with van der Waals surface area (Å²) in [5.41, 5.74) is 3.26. The molecule has 0 bridgehead atoms. The third-order valence-corrected chi connectivity index (χ3v) is 5.89. The fourth-order valence-electron chi connectivity index (χ4n) is 4.01. The van der Waals surface area contributed by atoms with Gasteiger partial charge in [-0.05, 0) is 67.8 Å². The number of fused-ring (bicyclic) bond motifs is 1. The van der Waals surface area contributed by atoms with E-state index < -0.39 is 0 Å². The molecule has 1 N–H and O–H groups in total. The Labute approximate surface area is 106 Å². The highest BCUT2D eigenvalue weighted by molar-refractivity contribution is 5.17. The van der Waals surface area contributed by atoms with Crippen LogP contribution in [-0.2, 0) is 0 Å². The Balaban J connectivity index is 2.20. The van der Waals surface area contributed by atoms with E-state index >= 15 is 0 Å². The average molecular weight is 236 g/mol. The summed E-state index contributed by atoms with van der Waals surface area (Å²) < 4.78 is 0. The van der Waals surface area contributed by atoms with Gasteiger partial charge < -0.3 is 5.11 Å². The van der Waals surface area contributed by atoms with Crippen molar-refractivity contribution >= 4 is 0 Å². The normalized spacial score (nSPS) is 39.7. The lowest BCUT2D eigenvalue weighted by atomic mass is 9.54. The number of hydrogen-bond donors (Lipinski definition) is 1. The van der Waals surface area contributed by atoms with Crippen molar-refractivity contribution in [2.24, 2.45) is 23.2 Å². The second kappa shape index (κ2) is 4.76. The Bertz CT molecular complexity index is 313. The lowest BCUT2D eigenvalue weighted by Gasteiger charge is -2.51. The highest BCUT2D eigenvalue weighted by atomic mass is 16.3. The van der Waals surface area contributed by atoms with Crippen molar-refractivity contribution in [2.45, 2.75) is 59.8 Å². The van der Waals surface area contributed by atoms with Gasteiger partial charge in [0, 0.05) is 0 Å². The number of rotatable bonds is 1. The summed E-state index contributed by atoms with van der Waals surface area (Å²) in [6.45, 7) is 9.71. The minimum absolute atomic E-state index is 0.253. The second-order valence-corrected chi connectivity index (χ2v) is 6.95. The molecule has 0 aromatic carbocycles. The summed E-state index contributed by atoms with van der Waals surface area (Å²) in [6.07, 6.45) is 6.67. The van der Waals surface area contributed by atoms with E-state index in [9.17, 15) is 5.11 Å². The molecule has 0 saturated heterocycles. The van der Waals surface area contributed by atoms with Crippen LogP contribution in [0, 0.1) is 23.2 Å². The zero-order valence-corrected chi connectivity index (χ0v) is 11.9. The van der Waals surface area contributed by atoms with E-state index in [-0.39, 0.29) is 6.61 Å². The van der Waals surface area contributed by atoms with Crippen molar-refractivity contribution in [1.82, 2.24) is 0 Å². The molecular weight excluding hydrogens is 208 g/mol. The summed E-state index contributed by atoms with van der Waals surface area (Å²) in [5.74, 6) is 2.63. The largest absolute Gasteiger partial charge is 0.392 e. The fourth-order valence-corrected chi connectivity index (χ4v) is 4.01. The van der Waals surface area contributed by atoms with Gasteiger partial charge in [0.1, 0.15) is 0 Å². The van der Waals surface area contributed by atoms with Crippen molar-refractivity contribution in [3.63, 3.8) is 0 Å². The summed E-state index contributed by atoms with van der Waals surface area (Å²) in [7, 11) is 0. The Morgan fingerprint density at radius 1 is 1.29 bits per heavy atom. The summed E-state index contributed by atoms with van der Waals surface area (Å²) in [4.78, 5) is 0. The molecule has 0 amide bonds. The average Bonchev–Trinajstić information content (AvgIpc) is 2.33. The molecule has 17 heavy (non-hydrogen) atoms. The standard InChI is InChI=1S/C16H28O/c1-11(10-17)14-8-7-13-6-5-12(2)16(3,4)15(13)9-14/h12-13,15,17H,5-10H2,1-4H3/t12-,13+,15+/m1/s1. The summed E-state index contributed by atoms with van der Waals surface area (Å²) >= 11 is 0. The molecule has 0 spiro atoms. The lowest BCUT2D eigenvalue weighted by molar-refractivity contribution is 0.00689. The van der Waals surface area contributed by atoms with E-state index in [1.54, 1.807) is 5.57 Å². The minimum Gasteiger partial charge on any atom is -0.392 e. The first-order valence-corrected chi connectivity index (χ1v) is 7.25. The number of allylic oxidation sites excluding steroid dienone is 1. The van der Waals surface area contributed by atoms with Gasteiger partial charge in [-0.3, -0.25) is 0 Å². The maximum Gasteiger partial charge on any atom is 0.0641 e. The first-order valence-electron chi connectivity index (χ1n) is 7.25. The summed E-state index contributed by atoms with van der Waals surface area (Å²) in [6, 6.07) is 0. The molecule has 2 fully saturated rings. The maximum absolute atomic E-state index is 9.31. The first-order chi connectivity index (χ1) is 7.96. The van der Waals surface area contributed by atoms with Crippen LogP contribution in [0.4, 0.5) is 0 Å². The van der Waals surface area contributed by atoms with Crippen molar-refractivity contribution in [1.29, 1.82) is 0 Å². The SMILES string of the molecule is CC(CO)=C1CC[C@@H]2CC[C@@H](C)C(C)(C)[C@H]2C1. The third kappa shape index (κ3) is 2.31. The van der Waals surface area contributed by atoms with E-state index in [0.717, 1.165) is 17.8 Å². The van der Waals surface area contributed by atoms with E-state index in [1.165, 1.54) is 37.7 Å². The van der Waals surface area contributed by atoms with Crippen LogP contribution >= 0.6 is 0 Å². The molecule has 0 radical (unpaired) electrons. The molecule has 2 rings (SSSR count). The van der Waals surface area contributed by atoms with Crippen molar-refractivity contribution in [3.05, 3.63) is 11.1 Å². The Morgan fingerprint density at radius 3 is 2.65 bits per heavy atom. The van der Waals surface area contributed by atoms with Crippen LogP contribution in [0.5, 0.6) is 0 Å². The Hall–Kier alpha value is -0.300. The van der Waals surface area contributed by atoms with Gasteiger partial charge in [-0.2, -0.15) is 0 Å². The molecule has 98 valence electrons. The Kier molecular flexibility index (Phi) is 3.68. The van der Waals surface area contributed by atoms with Crippen LogP contribution in [0.15, 0.2) is 11.1 Å². The van der Waals surface area contributed by atoms with E-state index in [1.807, 2.05) is 0 Å². The number of aliphatic hydroxyl groups is 1. The van der Waals surface area contributed by atoms with Crippen molar-refractivity contribution in [2.75, 3.05) is 6.61 Å². The quantitative estimate of drug-likeness (QED) is 0.678. The molecule has 0 aromatic heterocycles. The maximum atomic E-state index is 9.31. The van der Waals surface area contributed by atoms with E-state index in [4.69, 9.17) is 0 Å². The van der Waals surface area contributed by atoms with Crippen LogP contribution in [0.25, 0.3) is 0 Å². The molecule has 0 aromatic rings. The van der Waals surface area contributed by atoms with Gasteiger partial charge in [0.15, 0.2) is 0 Å². The highest BCUT2D eigenvalue weighted by Gasteiger charge is 2.44. The van der Waals surface area contributed by atoms with E-state index in [0.29, 0.717) is 5.41 Å². The van der Waals surface area contributed by atoms with E-state index in [2.05, 4.69) is 27.7 Å². The molecular formula is C16H28O. The monoisotopic (exact) mass is 236 g/mol. The third-order valence-electron chi connectivity index (χ3n) is 5.89. The Morgan fingerprint density at radius 2 is 2.00 bits per heavy atom. The molecule has 0 heterocycles. The zero-order chi connectivity index (χ0) is 12.6. The van der Waals surface area contributed by atoms with Gasteiger partial charge in [-0.15, -0.1) is 0 Å².